The summed E-state index contributed by atoms with van der Waals surface area (Å²) in [6.07, 6.45) is 4.89. The molecule has 0 spiro atoms. The van der Waals surface area contributed by atoms with Gasteiger partial charge in [0.05, 0.1) is 12.7 Å². The number of nitrogens with zero attached hydrogens (tertiary/aromatic N) is 1. The monoisotopic (exact) mass is 310 g/mol. The van der Waals surface area contributed by atoms with Gasteiger partial charge in [-0.05, 0) is 18.9 Å². The van der Waals surface area contributed by atoms with Crippen LogP contribution in [0.4, 0.5) is 0 Å². The minimum atomic E-state index is -3.61. The van der Waals surface area contributed by atoms with E-state index in [0.29, 0.717) is 18.6 Å². The van der Waals surface area contributed by atoms with Crippen molar-refractivity contribution in [1.29, 1.82) is 0 Å². The maximum Gasteiger partial charge on any atom is 0.242 e. The van der Waals surface area contributed by atoms with Crippen molar-refractivity contribution in [2.45, 2.75) is 30.3 Å². The number of aromatic nitrogens is 1. The number of aliphatic hydroxyl groups excluding tert-OH is 1. The Hall–Kier alpha value is -1.46. The first-order chi connectivity index (χ1) is 10.1. The van der Waals surface area contributed by atoms with Crippen molar-refractivity contribution in [3.8, 4) is 11.8 Å². The average Bonchev–Trinajstić information content (AvgIpc) is 2.99. The summed E-state index contributed by atoms with van der Waals surface area (Å²) in [6.45, 7) is 0.925. The second-order valence-corrected chi connectivity index (χ2v) is 6.44. The van der Waals surface area contributed by atoms with Crippen LogP contribution in [0.15, 0.2) is 23.4 Å². The highest BCUT2D eigenvalue weighted by Gasteiger charge is 2.20. The van der Waals surface area contributed by atoms with Crippen LogP contribution < -0.4 is 4.72 Å². The summed E-state index contributed by atoms with van der Waals surface area (Å²) in [5.41, 5.74) is 0.503. The number of pyridine rings is 1. The molecular formula is C14H18N2O4S. The Morgan fingerprint density at radius 1 is 1.48 bits per heavy atom. The number of nitrogens with one attached hydrogen (secondary N) is 1. The summed E-state index contributed by atoms with van der Waals surface area (Å²) in [6, 6.07) is 1.47. The Kier molecular flexibility index (Phi) is 5.70. The molecule has 2 heterocycles. The first kappa shape index (κ1) is 15.9. The number of hydrogen-bond donors (Lipinski definition) is 2. The normalized spacial score (nSPS) is 18.2. The van der Waals surface area contributed by atoms with Crippen LogP contribution >= 0.6 is 0 Å². The first-order valence-corrected chi connectivity index (χ1v) is 8.26. The third-order valence-corrected chi connectivity index (χ3v) is 4.41. The standard InChI is InChI=1S/C14H18N2O4S/c17-6-2-1-4-12-8-14(11-15-9-12)21(18,19)16-10-13-5-3-7-20-13/h8-9,11,13,16-17H,2-3,5-7,10H2. The molecule has 1 aliphatic heterocycles. The lowest BCUT2D eigenvalue weighted by atomic mass is 10.2. The Bertz CT molecular complexity index is 628. The summed E-state index contributed by atoms with van der Waals surface area (Å²) in [5.74, 6) is 5.50. The lowest BCUT2D eigenvalue weighted by Gasteiger charge is -2.11. The van der Waals surface area contributed by atoms with E-state index in [1.807, 2.05) is 0 Å². The predicted octanol–water partition coefficient (Wildman–Crippen LogP) is 0.273. The van der Waals surface area contributed by atoms with E-state index in [1.54, 1.807) is 0 Å². The smallest absolute Gasteiger partial charge is 0.242 e. The molecule has 2 rings (SSSR count). The van der Waals surface area contributed by atoms with E-state index in [1.165, 1.54) is 18.5 Å². The van der Waals surface area contributed by atoms with E-state index in [2.05, 4.69) is 21.5 Å². The summed E-state index contributed by atoms with van der Waals surface area (Å²) >= 11 is 0. The van der Waals surface area contributed by atoms with Crippen molar-refractivity contribution >= 4 is 10.0 Å². The molecule has 1 aromatic rings. The van der Waals surface area contributed by atoms with Crippen LogP contribution in [0.5, 0.6) is 0 Å². The largest absolute Gasteiger partial charge is 0.395 e. The van der Waals surface area contributed by atoms with Crippen molar-refractivity contribution in [1.82, 2.24) is 9.71 Å². The van der Waals surface area contributed by atoms with Crippen molar-refractivity contribution in [3.63, 3.8) is 0 Å². The van der Waals surface area contributed by atoms with Crippen LogP contribution in [0.3, 0.4) is 0 Å². The van der Waals surface area contributed by atoms with Crippen molar-refractivity contribution in [3.05, 3.63) is 24.0 Å². The number of rotatable bonds is 5. The number of ether oxygens (including phenoxy) is 1. The maximum absolute atomic E-state index is 12.2. The number of hydrogen-bond acceptors (Lipinski definition) is 5. The van der Waals surface area contributed by atoms with E-state index in [9.17, 15) is 8.42 Å². The lowest BCUT2D eigenvalue weighted by molar-refractivity contribution is 0.114. The second kappa shape index (κ2) is 7.52. The van der Waals surface area contributed by atoms with Gasteiger partial charge in [0.15, 0.2) is 0 Å². The molecule has 1 unspecified atom stereocenters. The highest BCUT2D eigenvalue weighted by Crippen LogP contribution is 2.13. The fraction of sp³-hybridized carbons (Fsp3) is 0.500. The molecule has 0 amide bonds. The van der Waals surface area contributed by atoms with Gasteiger partial charge in [-0.15, -0.1) is 0 Å². The molecule has 0 aliphatic carbocycles. The molecular weight excluding hydrogens is 292 g/mol. The van der Waals surface area contributed by atoms with Crippen LogP contribution in [0.25, 0.3) is 0 Å². The molecule has 1 saturated heterocycles. The van der Waals surface area contributed by atoms with Gasteiger partial charge in [0.2, 0.25) is 10.0 Å². The van der Waals surface area contributed by atoms with Crippen LogP contribution in [0.2, 0.25) is 0 Å². The summed E-state index contributed by atoms with van der Waals surface area (Å²) in [5, 5.41) is 8.67. The van der Waals surface area contributed by atoms with Crippen LogP contribution in [-0.4, -0.2) is 44.4 Å². The Morgan fingerprint density at radius 3 is 3.05 bits per heavy atom. The van der Waals surface area contributed by atoms with Crippen molar-refractivity contribution < 1.29 is 18.3 Å². The summed E-state index contributed by atoms with van der Waals surface area (Å²) in [7, 11) is -3.61. The number of sulfonamides is 1. The van der Waals surface area contributed by atoms with Gasteiger partial charge in [0.25, 0.3) is 0 Å². The quantitative estimate of drug-likeness (QED) is 0.762. The summed E-state index contributed by atoms with van der Waals surface area (Å²) < 4.78 is 32.3. The molecule has 21 heavy (non-hydrogen) atoms. The van der Waals surface area contributed by atoms with Gasteiger partial charge in [0, 0.05) is 37.5 Å². The molecule has 7 heteroatoms. The van der Waals surface area contributed by atoms with Crippen LogP contribution in [-0.2, 0) is 14.8 Å². The molecule has 0 saturated carbocycles. The molecule has 0 bridgehead atoms. The predicted molar refractivity (Wildman–Crippen MR) is 77.0 cm³/mol. The topological polar surface area (TPSA) is 88.5 Å². The van der Waals surface area contributed by atoms with Gasteiger partial charge in [-0.2, -0.15) is 0 Å². The molecule has 6 nitrogen and oxygen atoms in total. The van der Waals surface area contributed by atoms with Gasteiger partial charge >= 0.3 is 0 Å². The first-order valence-electron chi connectivity index (χ1n) is 6.78. The van der Waals surface area contributed by atoms with Gasteiger partial charge in [0.1, 0.15) is 4.90 Å². The molecule has 1 atom stereocenters. The zero-order chi connectivity index (χ0) is 15.1. The van der Waals surface area contributed by atoms with Crippen molar-refractivity contribution in [2.75, 3.05) is 19.8 Å². The minimum absolute atomic E-state index is 0.0264. The zero-order valence-electron chi connectivity index (χ0n) is 11.6. The summed E-state index contributed by atoms with van der Waals surface area (Å²) in [4.78, 5) is 3.97. The van der Waals surface area contributed by atoms with Gasteiger partial charge < -0.3 is 9.84 Å². The SMILES string of the molecule is O=S(=O)(NCC1CCCO1)c1cncc(C#CCCO)c1. The third kappa shape index (κ3) is 4.79. The fourth-order valence-electron chi connectivity index (χ4n) is 1.95. The van der Waals surface area contributed by atoms with E-state index in [-0.39, 0.29) is 24.2 Å². The van der Waals surface area contributed by atoms with Gasteiger partial charge in [-0.25, -0.2) is 13.1 Å². The Morgan fingerprint density at radius 2 is 2.33 bits per heavy atom. The molecule has 1 aliphatic rings. The minimum Gasteiger partial charge on any atom is -0.395 e. The van der Waals surface area contributed by atoms with E-state index >= 15 is 0 Å². The van der Waals surface area contributed by atoms with E-state index in [0.717, 1.165) is 12.8 Å². The highest BCUT2D eigenvalue weighted by atomic mass is 32.2. The molecule has 0 radical (unpaired) electrons. The van der Waals surface area contributed by atoms with Crippen LogP contribution in [0.1, 0.15) is 24.8 Å². The molecule has 114 valence electrons. The molecule has 1 aromatic heterocycles. The van der Waals surface area contributed by atoms with Crippen molar-refractivity contribution in [2.24, 2.45) is 0 Å². The van der Waals surface area contributed by atoms with Gasteiger partial charge in [-0.3, -0.25) is 4.98 Å². The third-order valence-electron chi connectivity index (χ3n) is 3.02. The highest BCUT2D eigenvalue weighted by molar-refractivity contribution is 7.89. The van der Waals surface area contributed by atoms with Crippen LogP contribution in [0, 0.1) is 11.8 Å². The molecule has 2 N–H and O–H groups in total. The lowest BCUT2D eigenvalue weighted by Crippen LogP contribution is -2.31. The Balaban J connectivity index is 2.05. The second-order valence-electron chi connectivity index (χ2n) is 4.67. The Labute approximate surface area is 124 Å². The molecule has 1 fully saturated rings. The molecule has 0 aromatic carbocycles. The van der Waals surface area contributed by atoms with Gasteiger partial charge in [-0.1, -0.05) is 11.8 Å². The number of aliphatic hydroxyl groups is 1. The van der Waals surface area contributed by atoms with E-state index in [4.69, 9.17) is 9.84 Å². The maximum atomic E-state index is 12.2. The average molecular weight is 310 g/mol. The fourth-order valence-corrected chi connectivity index (χ4v) is 3.00. The van der Waals surface area contributed by atoms with E-state index < -0.39 is 10.0 Å². The zero-order valence-corrected chi connectivity index (χ0v) is 12.4.